The summed E-state index contributed by atoms with van der Waals surface area (Å²) in [5.41, 5.74) is 1.06. The standard InChI is InChI=1S/C15H22F3NO/c1-4-10-19-14(5-2)12-6-8-13(9-7-12)20-11(3)15(16,17)18/h6-9,11,14,19H,4-5,10H2,1-3H3. The lowest BCUT2D eigenvalue weighted by Gasteiger charge is -2.19. The Labute approximate surface area is 118 Å². The maximum absolute atomic E-state index is 12.4. The first-order valence-electron chi connectivity index (χ1n) is 6.95. The molecule has 0 aliphatic rings. The zero-order valence-electron chi connectivity index (χ0n) is 12.1. The van der Waals surface area contributed by atoms with E-state index in [4.69, 9.17) is 4.74 Å². The summed E-state index contributed by atoms with van der Waals surface area (Å²) in [7, 11) is 0. The quantitative estimate of drug-likeness (QED) is 0.799. The van der Waals surface area contributed by atoms with E-state index in [-0.39, 0.29) is 11.8 Å². The fraction of sp³-hybridized carbons (Fsp3) is 0.600. The van der Waals surface area contributed by atoms with Gasteiger partial charge >= 0.3 is 6.18 Å². The van der Waals surface area contributed by atoms with Crippen LogP contribution in [0, 0.1) is 0 Å². The van der Waals surface area contributed by atoms with Gasteiger partial charge in [0.15, 0.2) is 6.10 Å². The van der Waals surface area contributed by atoms with Crippen molar-refractivity contribution in [2.24, 2.45) is 0 Å². The number of hydrogen-bond acceptors (Lipinski definition) is 2. The summed E-state index contributed by atoms with van der Waals surface area (Å²) in [6, 6.07) is 7.04. The third kappa shape index (κ3) is 5.04. The van der Waals surface area contributed by atoms with Crippen LogP contribution in [0.15, 0.2) is 24.3 Å². The van der Waals surface area contributed by atoms with Crippen molar-refractivity contribution < 1.29 is 17.9 Å². The molecule has 1 rings (SSSR count). The molecular formula is C15H22F3NO. The average Bonchev–Trinajstić information content (AvgIpc) is 2.40. The second-order valence-corrected chi connectivity index (χ2v) is 4.79. The Bertz CT molecular complexity index is 389. The molecule has 5 heteroatoms. The molecule has 2 unspecified atom stereocenters. The maximum Gasteiger partial charge on any atom is 0.425 e. The van der Waals surface area contributed by atoms with E-state index in [2.05, 4.69) is 19.2 Å². The normalized spacial score (nSPS) is 14.9. The van der Waals surface area contributed by atoms with Gasteiger partial charge in [-0.3, -0.25) is 0 Å². The highest BCUT2D eigenvalue weighted by Crippen LogP contribution is 2.26. The Hall–Kier alpha value is -1.23. The summed E-state index contributed by atoms with van der Waals surface area (Å²) in [6.07, 6.45) is -4.17. The topological polar surface area (TPSA) is 21.3 Å². The predicted molar refractivity (Wildman–Crippen MR) is 73.9 cm³/mol. The summed E-state index contributed by atoms with van der Waals surface area (Å²) >= 11 is 0. The van der Waals surface area contributed by atoms with Crippen LogP contribution in [0.1, 0.15) is 45.2 Å². The molecule has 1 N–H and O–H groups in total. The number of nitrogens with one attached hydrogen (secondary N) is 1. The Balaban J connectivity index is 2.68. The fourth-order valence-corrected chi connectivity index (χ4v) is 1.87. The van der Waals surface area contributed by atoms with Gasteiger partial charge in [0, 0.05) is 6.04 Å². The van der Waals surface area contributed by atoms with Gasteiger partial charge < -0.3 is 10.1 Å². The van der Waals surface area contributed by atoms with Gasteiger partial charge in [-0.25, -0.2) is 0 Å². The van der Waals surface area contributed by atoms with Crippen LogP contribution in [-0.2, 0) is 0 Å². The van der Waals surface area contributed by atoms with E-state index in [1.54, 1.807) is 12.1 Å². The number of rotatable bonds is 7. The first-order valence-corrected chi connectivity index (χ1v) is 6.95. The van der Waals surface area contributed by atoms with Crippen LogP contribution < -0.4 is 10.1 Å². The summed E-state index contributed by atoms with van der Waals surface area (Å²) in [6.45, 7) is 6.09. The van der Waals surface area contributed by atoms with Crippen LogP contribution in [0.5, 0.6) is 5.75 Å². The van der Waals surface area contributed by atoms with E-state index < -0.39 is 12.3 Å². The number of benzene rings is 1. The highest BCUT2D eigenvalue weighted by atomic mass is 19.4. The molecule has 0 aliphatic heterocycles. The van der Waals surface area contributed by atoms with Gasteiger partial charge in [0.25, 0.3) is 0 Å². The third-order valence-corrected chi connectivity index (χ3v) is 3.11. The zero-order valence-corrected chi connectivity index (χ0v) is 12.1. The predicted octanol–water partition coefficient (Wildman–Crippen LogP) is 4.47. The molecule has 0 aliphatic carbocycles. The van der Waals surface area contributed by atoms with Crippen molar-refractivity contribution >= 4 is 0 Å². The van der Waals surface area contributed by atoms with Crippen LogP contribution >= 0.6 is 0 Å². The molecular weight excluding hydrogens is 267 g/mol. The van der Waals surface area contributed by atoms with Gasteiger partial charge in [-0.05, 0) is 44.0 Å². The monoisotopic (exact) mass is 289 g/mol. The minimum Gasteiger partial charge on any atom is -0.481 e. The summed E-state index contributed by atoms with van der Waals surface area (Å²) in [4.78, 5) is 0. The molecule has 0 saturated heterocycles. The second kappa shape index (κ2) is 7.53. The highest BCUT2D eigenvalue weighted by molar-refractivity contribution is 5.29. The Morgan fingerprint density at radius 1 is 1.15 bits per heavy atom. The number of hydrogen-bond donors (Lipinski definition) is 1. The lowest BCUT2D eigenvalue weighted by atomic mass is 10.0. The van der Waals surface area contributed by atoms with E-state index >= 15 is 0 Å². The fourth-order valence-electron chi connectivity index (χ4n) is 1.87. The van der Waals surface area contributed by atoms with Crippen molar-refractivity contribution in [3.05, 3.63) is 29.8 Å². The van der Waals surface area contributed by atoms with E-state index in [1.165, 1.54) is 0 Å². The molecule has 1 aromatic rings. The van der Waals surface area contributed by atoms with Crippen LogP contribution in [0.4, 0.5) is 13.2 Å². The van der Waals surface area contributed by atoms with Gasteiger partial charge in [-0.1, -0.05) is 26.0 Å². The molecule has 0 radical (unpaired) electrons. The molecule has 1 aromatic carbocycles. The first-order chi connectivity index (χ1) is 9.38. The molecule has 0 heterocycles. The SMILES string of the molecule is CCCNC(CC)c1ccc(OC(C)C(F)(F)F)cc1. The van der Waals surface area contributed by atoms with Crippen LogP contribution in [0.2, 0.25) is 0 Å². The molecule has 114 valence electrons. The molecule has 0 aromatic heterocycles. The van der Waals surface area contributed by atoms with Crippen LogP contribution in [0.3, 0.4) is 0 Å². The Morgan fingerprint density at radius 2 is 1.75 bits per heavy atom. The number of alkyl halides is 3. The Morgan fingerprint density at radius 3 is 2.20 bits per heavy atom. The van der Waals surface area contributed by atoms with Crippen molar-refractivity contribution in [2.45, 2.75) is 51.9 Å². The van der Waals surface area contributed by atoms with Gasteiger partial charge in [0.05, 0.1) is 0 Å². The largest absolute Gasteiger partial charge is 0.481 e. The van der Waals surface area contributed by atoms with Gasteiger partial charge in [-0.2, -0.15) is 13.2 Å². The average molecular weight is 289 g/mol. The zero-order chi connectivity index (χ0) is 15.2. The van der Waals surface area contributed by atoms with Crippen LogP contribution in [0.25, 0.3) is 0 Å². The smallest absolute Gasteiger partial charge is 0.425 e. The molecule has 0 saturated carbocycles. The highest BCUT2D eigenvalue weighted by Gasteiger charge is 2.38. The van der Waals surface area contributed by atoms with Crippen molar-refractivity contribution in [1.29, 1.82) is 0 Å². The van der Waals surface area contributed by atoms with Gasteiger partial charge in [0.1, 0.15) is 5.75 Å². The van der Waals surface area contributed by atoms with E-state index in [0.717, 1.165) is 31.9 Å². The lowest BCUT2D eigenvalue weighted by Crippen LogP contribution is -2.31. The van der Waals surface area contributed by atoms with E-state index in [0.29, 0.717) is 0 Å². The minimum absolute atomic E-state index is 0.226. The van der Waals surface area contributed by atoms with Crippen molar-refractivity contribution in [1.82, 2.24) is 5.32 Å². The van der Waals surface area contributed by atoms with Gasteiger partial charge in [0.2, 0.25) is 0 Å². The Kier molecular flexibility index (Phi) is 6.33. The molecule has 2 nitrogen and oxygen atoms in total. The lowest BCUT2D eigenvalue weighted by molar-refractivity contribution is -0.189. The number of halogens is 3. The molecule has 0 fully saturated rings. The third-order valence-electron chi connectivity index (χ3n) is 3.11. The van der Waals surface area contributed by atoms with Gasteiger partial charge in [-0.15, -0.1) is 0 Å². The minimum atomic E-state index is -4.34. The summed E-state index contributed by atoms with van der Waals surface area (Å²) < 4.78 is 42.1. The molecule has 0 amide bonds. The molecule has 20 heavy (non-hydrogen) atoms. The summed E-state index contributed by atoms with van der Waals surface area (Å²) in [5, 5.41) is 3.40. The van der Waals surface area contributed by atoms with Crippen molar-refractivity contribution in [3.63, 3.8) is 0 Å². The number of ether oxygens (including phenoxy) is 1. The van der Waals surface area contributed by atoms with Crippen molar-refractivity contribution in [3.8, 4) is 5.75 Å². The molecule has 0 spiro atoms. The summed E-state index contributed by atoms with van der Waals surface area (Å²) in [5.74, 6) is 0.240. The maximum atomic E-state index is 12.4. The van der Waals surface area contributed by atoms with Crippen LogP contribution in [-0.4, -0.2) is 18.8 Å². The molecule has 0 bridgehead atoms. The molecule has 2 atom stereocenters. The van der Waals surface area contributed by atoms with E-state index in [9.17, 15) is 13.2 Å². The second-order valence-electron chi connectivity index (χ2n) is 4.79. The first kappa shape index (κ1) is 16.8. The van der Waals surface area contributed by atoms with Crippen molar-refractivity contribution in [2.75, 3.05) is 6.54 Å². The van der Waals surface area contributed by atoms with E-state index in [1.807, 2.05) is 12.1 Å².